The Balaban J connectivity index is 3.26. The van der Waals surface area contributed by atoms with Gasteiger partial charge in [-0.15, -0.1) is 28.9 Å². The molecule has 0 fully saturated rings. The van der Waals surface area contributed by atoms with Gasteiger partial charge in [-0.25, -0.2) is 9.59 Å². The second kappa shape index (κ2) is 4.70. The number of thiophene rings is 1. The molecule has 4 nitrogen and oxygen atoms in total. The summed E-state index contributed by atoms with van der Waals surface area (Å²) in [5.74, 6) is -1.08. The van der Waals surface area contributed by atoms with Crippen LogP contribution in [0.4, 0.5) is 28.0 Å². The van der Waals surface area contributed by atoms with Gasteiger partial charge >= 0.3 is 18.4 Å². The molecule has 0 N–H and O–H groups in total. The fraction of sp³-hybridized carbons (Fsp3) is 0.250. The molecule has 0 saturated carbocycles. The van der Waals surface area contributed by atoms with E-state index in [4.69, 9.17) is 0 Å². The summed E-state index contributed by atoms with van der Waals surface area (Å²) in [7, 11) is 0.959. The first-order valence-electron chi connectivity index (χ1n) is 4.01. The van der Waals surface area contributed by atoms with Crippen LogP contribution in [0.3, 0.4) is 0 Å². The number of ether oxygens (including phenoxy) is 1. The molecule has 0 aliphatic rings. The van der Waals surface area contributed by atoms with Gasteiger partial charge < -0.3 is 4.74 Å². The Hall–Kier alpha value is -1.64. The summed E-state index contributed by atoms with van der Waals surface area (Å²) in [6.07, 6.45) is -7.98. The Morgan fingerprint density at radius 3 is 2.41 bits per heavy atom. The molecule has 9 heteroatoms. The van der Waals surface area contributed by atoms with Crippen molar-refractivity contribution in [1.82, 2.24) is 0 Å². The number of carbonyl (C=O) groups excluding carboxylic acids is 2. The lowest BCUT2D eigenvalue weighted by molar-refractivity contribution is -0.122. The van der Waals surface area contributed by atoms with Gasteiger partial charge in [0.2, 0.25) is 0 Å². The van der Waals surface area contributed by atoms with E-state index in [1.807, 2.05) is 0 Å². The van der Waals surface area contributed by atoms with Crippen molar-refractivity contribution in [3.8, 4) is 0 Å². The summed E-state index contributed by atoms with van der Waals surface area (Å²) in [6, 6.07) is 0.807. The average Bonchev–Trinajstić information content (AvgIpc) is 2.62. The number of hydrogen-bond donors (Lipinski definition) is 0. The number of rotatable bonds is 2. The summed E-state index contributed by atoms with van der Waals surface area (Å²) < 4.78 is 53.8. The highest BCUT2D eigenvalue weighted by molar-refractivity contribution is 7.12. The average molecular weight is 271 g/mol. The Bertz CT molecular complexity index is 442. The molecule has 0 aliphatic heterocycles. The zero-order valence-electron chi connectivity index (χ0n) is 8.25. The van der Waals surface area contributed by atoms with E-state index in [1.54, 1.807) is 0 Å². The van der Waals surface area contributed by atoms with Gasteiger partial charge in [-0.2, -0.15) is 4.90 Å². The van der Waals surface area contributed by atoms with Crippen LogP contribution >= 0.6 is 11.3 Å². The van der Waals surface area contributed by atoms with Crippen molar-refractivity contribution < 1.29 is 31.9 Å². The van der Waals surface area contributed by atoms with Crippen molar-refractivity contribution in [1.29, 1.82) is 0 Å². The largest absolute Gasteiger partial charge is 0.493 e. The summed E-state index contributed by atoms with van der Waals surface area (Å²) in [5, 5.41) is 1.11. The summed E-state index contributed by atoms with van der Waals surface area (Å²) >= 11 is 0.609. The van der Waals surface area contributed by atoms with Crippen molar-refractivity contribution in [2.45, 2.75) is 6.30 Å². The molecule has 0 radical (unpaired) electrons. The molecule has 0 saturated heterocycles. The predicted molar refractivity (Wildman–Crippen MR) is 50.7 cm³/mol. The molecule has 1 aromatic rings. The van der Waals surface area contributed by atoms with Gasteiger partial charge in [0.25, 0.3) is 0 Å². The van der Waals surface area contributed by atoms with Crippen LogP contribution in [0.5, 0.6) is 0 Å². The van der Waals surface area contributed by atoms with E-state index in [9.17, 15) is 27.2 Å². The molecule has 0 aliphatic carbocycles. The van der Waals surface area contributed by atoms with Gasteiger partial charge in [0, 0.05) is 0 Å². The number of amides is 1. The Kier molecular flexibility index (Phi) is 3.71. The lowest BCUT2D eigenvalue weighted by Crippen LogP contribution is -2.40. The van der Waals surface area contributed by atoms with Crippen molar-refractivity contribution >= 4 is 29.2 Å². The van der Waals surface area contributed by atoms with Gasteiger partial charge in [0.15, 0.2) is 0 Å². The van der Waals surface area contributed by atoms with Crippen LogP contribution in [0.15, 0.2) is 11.4 Å². The van der Waals surface area contributed by atoms with Gasteiger partial charge in [-0.1, -0.05) is 0 Å². The highest BCUT2D eigenvalue weighted by Crippen LogP contribution is 2.35. The lowest BCUT2D eigenvalue weighted by atomic mass is 10.3. The maximum Gasteiger partial charge on any atom is 0.493 e. The van der Waals surface area contributed by atoms with Crippen LogP contribution < -0.4 is 4.90 Å². The van der Waals surface area contributed by atoms with Gasteiger partial charge in [-0.3, -0.25) is 0 Å². The van der Waals surface area contributed by atoms with Gasteiger partial charge in [0.05, 0.1) is 12.8 Å². The maximum absolute atomic E-state index is 12.4. The topological polar surface area (TPSA) is 46.6 Å². The molecule has 1 aromatic heterocycles. The summed E-state index contributed by atoms with van der Waals surface area (Å²) in [6.45, 7) is 0. The molecular formula is C8H5F4NO3S. The Morgan fingerprint density at radius 1 is 1.41 bits per heavy atom. The summed E-state index contributed by atoms with van der Waals surface area (Å²) in [5.41, 5.74) is -0.887. The van der Waals surface area contributed by atoms with Crippen molar-refractivity contribution in [3.05, 3.63) is 16.3 Å². The smallest absolute Gasteiger partial charge is 0.465 e. The zero-order chi connectivity index (χ0) is 13.2. The molecule has 0 aromatic carbocycles. The van der Waals surface area contributed by atoms with Crippen LogP contribution in [0.2, 0.25) is 0 Å². The lowest BCUT2D eigenvalue weighted by Gasteiger charge is -2.20. The van der Waals surface area contributed by atoms with Crippen LogP contribution in [0.1, 0.15) is 9.67 Å². The first kappa shape index (κ1) is 13.4. The number of carbonyl (C=O) groups is 2. The van der Waals surface area contributed by atoms with E-state index in [0.717, 1.165) is 18.6 Å². The van der Waals surface area contributed by atoms with E-state index in [1.165, 1.54) is 0 Å². The number of halogens is 4. The third kappa shape index (κ3) is 2.73. The van der Waals surface area contributed by atoms with E-state index in [-0.39, 0.29) is 0 Å². The van der Waals surface area contributed by atoms with E-state index in [2.05, 4.69) is 4.74 Å². The number of anilines is 1. The number of methoxy groups -OCH3 is 1. The van der Waals surface area contributed by atoms with Crippen molar-refractivity contribution in [2.75, 3.05) is 12.0 Å². The normalized spacial score (nSPS) is 11.1. The third-order valence-corrected chi connectivity index (χ3v) is 2.57. The van der Waals surface area contributed by atoms with E-state index in [0.29, 0.717) is 11.3 Å². The predicted octanol–water partition coefficient (Wildman–Crippen LogP) is 2.95. The molecule has 0 bridgehead atoms. The molecule has 1 amide bonds. The molecule has 0 unspecified atom stereocenters. The first-order chi connectivity index (χ1) is 7.79. The van der Waals surface area contributed by atoms with Gasteiger partial charge in [-0.05, 0) is 11.4 Å². The molecule has 1 rings (SSSR count). The van der Waals surface area contributed by atoms with Crippen LogP contribution in [0, 0.1) is 0 Å². The maximum atomic E-state index is 12.4. The number of alkyl halides is 3. The van der Waals surface area contributed by atoms with Gasteiger partial charge in [0.1, 0.15) is 4.88 Å². The van der Waals surface area contributed by atoms with Crippen molar-refractivity contribution in [2.24, 2.45) is 0 Å². The minimum absolute atomic E-state index is 0.504. The summed E-state index contributed by atoms with van der Waals surface area (Å²) in [4.78, 5) is 19.9. The third-order valence-electron chi connectivity index (χ3n) is 1.69. The second-order valence-corrected chi connectivity index (χ2v) is 3.60. The number of esters is 1. The SMILES string of the molecule is COC(=O)c1sccc1N(C(=O)F)C(F)(F)F. The Labute approximate surface area is 96.4 Å². The Morgan fingerprint density at radius 2 is 2.00 bits per heavy atom. The minimum Gasteiger partial charge on any atom is -0.465 e. The highest BCUT2D eigenvalue weighted by Gasteiger charge is 2.44. The first-order valence-corrected chi connectivity index (χ1v) is 4.89. The molecule has 0 atom stereocenters. The zero-order valence-corrected chi connectivity index (χ0v) is 9.06. The fourth-order valence-corrected chi connectivity index (χ4v) is 1.85. The molecule has 1 heterocycles. The monoisotopic (exact) mass is 271 g/mol. The van der Waals surface area contributed by atoms with Crippen LogP contribution in [-0.4, -0.2) is 25.5 Å². The van der Waals surface area contributed by atoms with E-state index < -0.39 is 33.9 Å². The quantitative estimate of drug-likeness (QED) is 0.359. The van der Waals surface area contributed by atoms with Crippen molar-refractivity contribution in [3.63, 3.8) is 0 Å². The number of hydrogen-bond acceptors (Lipinski definition) is 4. The molecule has 94 valence electrons. The molecule has 17 heavy (non-hydrogen) atoms. The van der Waals surface area contributed by atoms with E-state index >= 15 is 0 Å². The van der Waals surface area contributed by atoms with Crippen LogP contribution in [0.25, 0.3) is 0 Å². The molecule has 0 spiro atoms. The van der Waals surface area contributed by atoms with Crippen LogP contribution in [-0.2, 0) is 4.74 Å². The second-order valence-electron chi connectivity index (χ2n) is 2.68. The molecular weight excluding hydrogens is 266 g/mol. The minimum atomic E-state index is -5.25. The number of nitrogens with zero attached hydrogens (tertiary/aromatic N) is 1. The highest BCUT2D eigenvalue weighted by atomic mass is 32.1. The fourth-order valence-electron chi connectivity index (χ4n) is 1.05. The standard InChI is InChI=1S/C8H5F4NO3S/c1-16-6(14)5-4(2-3-17-5)13(7(9)15)8(10,11)12/h2-3H,1H3.